The minimum atomic E-state index is 0.0383. The Morgan fingerprint density at radius 2 is 1.40 bits per heavy atom. The predicted octanol–water partition coefficient (Wildman–Crippen LogP) is 4.46. The zero-order valence-electron chi connectivity index (χ0n) is 16.0. The highest BCUT2D eigenvalue weighted by atomic mass is 15.3. The lowest BCUT2D eigenvalue weighted by Crippen LogP contribution is -2.57. The standard InChI is InChI=1S/C23H30N2/c1-18-5-7-19(8-6-18)22(2,3)20-9-11-21(12-10-20)25-16-23(17-25)13-14-24(4)15-23/h5-12H,13-17H2,1-4H3. The Kier molecular flexibility index (Phi) is 3.92. The summed E-state index contributed by atoms with van der Waals surface area (Å²) in [7, 11) is 2.25. The second kappa shape index (κ2) is 5.88. The molecule has 0 N–H and O–H groups in total. The van der Waals surface area contributed by atoms with Crippen LogP contribution in [-0.2, 0) is 5.41 Å². The van der Waals surface area contributed by atoms with Crippen LogP contribution in [0.5, 0.6) is 0 Å². The van der Waals surface area contributed by atoms with Crippen LogP contribution < -0.4 is 4.90 Å². The van der Waals surface area contributed by atoms with E-state index in [1.807, 2.05) is 0 Å². The first-order valence-electron chi connectivity index (χ1n) is 9.49. The van der Waals surface area contributed by atoms with E-state index >= 15 is 0 Å². The average Bonchev–Trinajstić information content (AvgIpc) is 2.96. The molecule has 0 amide bonds. The van der Waals surface area contributed by atoms with Crippen molar-refractivity contribution in [3.63, 3.8) is 0 Å². The second-order valence-electron chi connectivity index (χ2n) is 8.88. The van der Waals surface area contributed by atoms with Crippen molar-refractivity contribution >= 4 is 5.69 Å². The van der Waals surface area contributed by atoms with Gasteiger partial charge in [0.1, 0.15) is 0 Å². The number of benzene rings is 2. The maximum Gasteiger partial charge on any atom is 0.0366 e. The first kappa shape index (κ1) is 16.7. The van der Waals surface area contributed by atoms with Crippen LogP contribution >= 0.6 is 0 Å². The molecule has 132 valence electrons. The summed E-state index contributed by atoms with van der Waals surface area (Å²) >= 11 is 0. The summed E-state index contributed by atoms with van der Waals surface area (Å²) in [5.74, 6) is 0. The highest BCUT2D eigenvalue weighted by Crippen LogP contribution is 2.42. The molecule has 1 spiro atoms. The third kappa shape index (κ3) is 2.97. The molecule has 25 heavy (non-hydrogen) atoms. The van der Waals surface area contributed by atoms with Gasteiger partial charge < -0.3 is 9.80 Å². The van der Waals surface area contributed by atoms with E-state index in [1.165, 1.54) is 55.0 Å². The topological polar surface area (TPSA) is 6.48 Å². The van der Waals surface area contributed by atoms with Crippen LogP contribution in [0.2, 0.25) is 0 Å². The van der Waals surface area contributed by atoms with Crippen LogP contribution in [0.1, 0.15) is 37.0 Å². The Morgan fingerprint density at radius 3 is 1.92 bits per heavy atom. The molecule has 2 heteroatoms. The Labute approximate surface area is 152 Å². The van der Waals surface area contributed by atoms with Gasteiger partial charge in [0, 0.05) is 36.2 Å². The van der Waals surface area contributed by atoms with Gasteiger partial charge >= 0.3 is 0 Å². The van der Waals surface area contributed by atoms with Gasteiger partial charge in [0.25, 0.3) is 0 Å². The second-order valence-corrected chi connectivity index (χ2v) is 8.88. The molecular formula is C23H30N2. The molecular weight excluding hydrogens is 304 g/mol. The number of likely N-dealkylation sites (tertiary alicyclic amines) is 1. The van der Waals surface area contributed by atoms with Gasteiger partial charge in [-0.2, -0.15) is 0 Å². The van der Waals surface area contributed by atoms with Crippen molar-refractivity contribution in [1.82, 2.24) is 4.90 Å². The lowest BCUT2D eigenvalue weighted by atomic mass is 9.77. The monoisotopic (exact) mass is 334 g/mol. The molecule has 2 aliphatic heterocycles. The van der Waals surface area contributed by atoms with E-state index < -0.39 is 0 Å². The first-order valence-corrected chi connectivity index (χ1v) is 9.49. The van der Waals surface area contributed by atoms with Crippen molar-refractivity contribution in [3.8, 4) is 0 Å². The lowest BCUT2D eigenvalue weighted by molar-refractivity contribution is 0.218. The van der Waals surface area contributed by atoms with Crippen molar-refractivity contribution < 1.29 is 0 Å². The van der Waals surface area contributed by atoms with E-state index in [9.17, 15) is 0 Å². The molecule has 2 heterocycles. The minimum absolute atomic E-state index is 0.0383. The summed E-state index contributed by atoms with van der Waals surface area (Å²) in [5.41, 5.74) is 6.06. The van der Waals surface area contributed by atoms with Gasteiger partial charge in [-0.3, -0.25) is 0 Å². The lowest BCUT2D eigenvalue weighted by Gasteiger charge is -2.49. The smallest absolute Gasteiger partial charge is 0.0366 e. The molecule has 2 saturated heterocycles. The first-order chi connectivity index (χ1) is 11.9. The molecule has 2 aromatic rings. The fourth-order valence-electron chi connectivity index (χ4n) is 4.59. The Morgan fingerprint density at radius 1 is 0.840 bits per heavy atom. The van der Waals surface area contributed by atoms with Crippen molar-refractivity contribution in [1.29, 1.82) is 0 Å². The van der Waals surface area contributed by atoms with Gasteiger partial charge in [-0.1, -0.05) is 55.8 Å². The maximum absolute atomic E-state index is 2.54. The Bertz CT molecular complexity index is 737. The number of hydrogen-bond donors (Lipinski definition) is 0. The molecule has 0 radical (unpaired) electrons. The molecule has 4 rings (SSSR count). The highest BCUT2D eigenvalue weighted by molar-refractivity contribution is 5.53. The predicted molar refractivity (Wildman–Crippen MR) is 107 cm³/mol. The summed E-state index contributed by atoms with van der Waals surface area (Å²) in [5, 5.41) is 0. The van der Waals surface area contributed by atoms with Crippen molar-refractivity contribution in [2.45, 2.75) is 32.6 Å². The van der Waals surface area contributed by atoms with Gasteiger partial charge in [0.15, 0.2) is 0 Å². The molecule has 2 fully saturated rings. The van der Waals surface area contributed by atoms with Crippen LogP contribution in [-0.4, -0.2) is 38.1 Å². The molecule has 0 unspecified atom stereocenters. The molecule has 2 aromatic carbocycles. The van der Waals surface area contributed by atoms with Gasteiger partial charge in [0.05, 0.1) is 0 Å². The number of nitrogens with zero attached hydrogens (tertiary/aromatic N) is 2. The average molecular weight is 335 g/mol. The summed E-state index contributed by atoms with van der Waals surface area (Å²) in [6.45, 7) is 11.8. The van der Waals surface area contributed by atoms with Crippen molar-refractivity contribution in [2.24, 2.45) is 5.41 Å². The SMILES string of the molecule is Cc1ccc(C(C)(C)c2ccc(N3CC4(CCN(C)C4)C3)cc2)cc1. The molecule has 0 aliphatic carbocycles. The maximum atomic E-state index is 2.54. The van der Waals surface area contributed by atoms with E-state index in [-0.39, 0.29) is 5.41 Å². The zero-order chi connectivity index (χ0) is 17.7. The summed E-state index contributed by atoms with van der Waals surface area (Å²) < 4.78 is 0. The van der Waals surface area contributed by atoms with Gasteiger partial charge in [-0.25, -0.2) is 0 Å². The van der Waals surface area contributed by atoms with Crippen LogP contribution in [0.3, 0.4) is 0 Å². The van der Waals surface area contributed by atoms with E-state index in [4.69, 9.17) is 0 Å². The number of aryl methyl sites for hydroxylation is 1. The van der Waals surface area contributed by atoms with Crippen LogP contribution in [0, 0.1) is 12.3 Å². The number of rotatable bonds is 3. The van der Waals surface area contributed by atoms with Gasteiger partial charge in [-0.15, -0.1) is 0 Å². The number of hydrogen-bond acceptors (Lipinski definition) is 2. The van der Waals surface area contributed by atoms with Crippen molar-refractivity contribution in [3.05, 3.63) is 65.2 Å². The molecule has 0 aromatic heterocycles. The molecule has 0 saturated carbocycles. The summed E-state index contributed by atoms with van der Waals surface area (Å²) in [4.78, 5) is 5.02. The van der Waals surface area contributed by atoms with E-state index in [1.54, 1.807) is 0 Å². The van der Waals surface area contributed by atoms with Gasteiger partial charge in [0.2, 0.25) is 0 Å². The zero-order valence-corrected chi connectivity index (χ0v) is 16.0. The normalized spacial score (nSPS) is 20.1. The fraction of sp³-hybridized carbons (Fsp3) is 0.478. The Balaban J connectivity index is 1.48. The highest BCUT2D eigenvalue weighted by Gasteiger charge is 2.46. The van der Waals surface area contributed by atoms with Gasteiger partial charge in [-0.05, 0) is 50.2 Å². The molecule has 2 nitrogen and oxygen atoms in total. The van der Waals surface area contributed by atoms with E-state index in [0.29, 0.717) is 5.41 Å². The minimum Gasteiger partial charge on any atom is -0.370 e. The van der Waals surface area contributed by atoms with Crippen LogP contribution in [0.4, 0.5) is 5.69 Å². The van der Waals surface area contributed by atoms with E-state index in [2.05, 4.69) is 86.1 Å². The fourth-order valence-corrected chi connectivity index (χ4v) is 4.59. The quantitative estimate of drug-likeness (QED) is 0.817. The summed E-state index contributed by atoms with van der Waals surface area (Å²) in [6.07, 6.45) is 1.36. The van der Waals surface area contributed by atoms with E-state index in [0.717, 1.165) is 0 Å². The third-order valence-electron chi connectivity index (χ3n) is 6.41. The number of anilines is 1. The van der Waals surface area contributed by atoms with Crippen LogP contribution in [0.15, 0.2) is 48.5 Å². The third-order valence-corrected chi connectivity index (χ3v) is 6.41. The summed E-state index contributed by atoms with van der Waals surface area (Å²) in [6, 6.07) is 18.2. The molecule has 0 atom stereocenters. The largest absolute Gasteiger partial charge is 0.370 e. The molecule has 0 bridgehead atoms. The Hall–Kier alpha value is -1.80. The molecule has 2 aliphatic rings. The van der Waals surface area contributed by atoms with Crippen molar-refractivity contribution in [2.75, 3.05) is 38.1 Å². The van der Waals surface area contributed by atoms with Crippen LogP contribution in [0.25, 0.3) is 0 Å².